The predicted octanol–water partition coefficient (Wildman–Crippen LogP) is 6.83. The number of phenols is 1. The fraction of sp³-hybridized carbons (Fsp3) is 0.364. The number of carbonyl (C=O) groups excluding carboxylic acids is 1. The van der Waals surface area contributed by atoms with Gasteiger partial charge in [-0.2, -0.15) is 5.26 Å². The largest absolute Gasteiger partial charge is 0.507 e. The zero-order chi connectivity index (χ0) is 28.8. The van der Waals surface area contributed by atoms with E-state index in [1.54, 1.807) is 29.5 Å². The third-order valence-electron chi connectivity index (χ3n) is 8.09. The van der Waals surface area contributed by atoms with E-state index in [-0.39, 0.29) is 11.7 Å². The number of hydrogen-bond acceptors (Lipinski definition) is 7. The lowest BCUT2D eigenvalue weighted by Crippen LogP contribution is -2.35. The summed E-state index contributed by atoms with van der Waals surface area (Å²) in [5.74, 6) is 0.0385. The van der Waals surface area contributed by atoms with Crippen molar-refractivity contribution >= 4 is 28.6 Å². The van der Waals surface area contributed by atoms with Crippen LogP contribution in [0.3, 0.4) is 0 Å². The van der Waals surface area contributed by atoms with Crippen LogP contribution in [0.5, 0.6) is 5.75 Å². The number of carbonyl (C=O) groups is 1. The first-order valence-electron chi connectivity index (χ1n) is 14.3. The predicted molar refractivity (Wildman–Crippen MR) is 166 cm³/mol. The van der Waals surface area contributed by atoms with Gasteiger partial charge < -0.3 is 10.4 Å². The Morgan fingerprint density at radius 3 is 2.76 bits per heavy atom. The van der Waals surface area contributed by atoms with E-state index in [2.05, 4.69) is 47.8 Å². The number of para-hydroxylation sites is 1. The van der Waals surface area contributed by atoms with Crippen molar-refractivity contribution in [3.05, 3.63) is 92.1 Å². The minimum atomic E-state index is -0.255. The van der Waals surface area contributed by atoms with E-state index < -0.39 is 0 Å². The topological polar surface area (TPSA) is 89.3 Å². The standard InChI is InChI=1S/C33H36N4O2S2/c1-3-22(19-35-32(39)27-11-7-8-12-29(27)38)13-16-30-28(18-34)26-15-14-25(17-31(26)41-30)37(2)20-24-21-40-33(36-24)23-9-5-4-6-10-23/h4-12,21-22,25,38H,3,13-17,19-20H2,1-2H3,(H,35,39). The summed E-state index contributed by atoms with van der Waals surface area (Å²) in [4.78, 5) is 22.4. The SMILES string of the molecule is CCC(CCc1sc2c(c1C#N)CCC(N(C)Cc1csc(-c3ccccc3)n1)C2)CNC(=O)c1ccccc1O. The molecule has 6 nitrogen and oxygen atoms in total. The molecule has 2 unspecified atom stereocenters. The van der Waals surface area contributed by atoms with Crippen LogP contribution in [0.2, 0.25) is 0 Å². The quantitative estimate of drug-likeness (QED) is 0.202. The molecule has 2 N–H and O–H groups in total. The molecule has 41 heavy (non-hydrogen) atoms. The molecule has 0 saturated carbocycles. The smallest absolute Gasteiger partial charge is 0.255 e. The van der Waals surface area contributed by atoms with Gasteiger partial charge in [-0.1, -0.05) is 55.8 Å². The molecular formula is C33H36N4O2S2. The summed E-state index contributed by atoms with van der Waals surface area (Å²) >= 11 is 3.50. The highest BCUT2D eigenvalue weighted by Crippen LogP contribution is 2.37. The molecule has 1 aliphatic carbocycles. The Kier molecular flexibility index (Phi) is 9.50. The van der Waals surface area contributed by atoms with Gasteiger partial charge in [-0.25, -0.2) is 4.98 Å². The summed E-state index contributed by atoms with van der Waals surface area (Å²) in [6.45, 7) is 3.50. The molecule has 8 heteroatoms. The molecule has 0 spiro atoms. The Morgan fingerprint density at radius 1 is 1.22 bits per heavy atom. The molecule has 2 aromatic carbocycles. The van der Waals surface area contributed by atoms with Crippen molar-refractivity contribution in [3.8, 4) is 22.4 Å². The van der Waals surface area contributed by atoms with Crippen molar-refractivity contribution in [1.82, 2.24) is 15.2 Å². The van der Waals surface area contributed by atoms with Crippen LogP contribution in [0.1, 0.15) is 63.1 Å². The molecule has 0 bridgehead atoms. The van der Waals surface area contributed by atoms with E-state index in [9.17, 15) is 15.2 Å². The molecule has 2 heterocycles. The molecule has 212 valence electrons. The number of likely N-dealkylation sites (N-methyl/N-ethyl adjacent to an activating group) is 1. The van der Waals surface area contributed by atoms with Gasteiger partial charge in [0, 0.05) is 39.8 Å². The zero-order valence-corrected chi connectivity index (χ0v) is 25.2. The van der Waals surface area contributed by atoms with Crippen molar-refractivity contribution in [2.75, 3.05) is 13.6 Å². The lowest BCUT2D eigenvalue weighted by Gasteiger charge is -2.30. The van der Waals surface area contributed by atoms with Crippen LogP contribution in [0.15, 0.2) is 60.0 Å². The molecule has 0 aliphatic heterocycles. The Labute approximate surface area is 250 Å². The number of nitrogens with zero attached hydrogens (tertiary/aromatic N) is 3. The maximum Gasteiger partial charge on any atom is 0.255 e. The summed E-state index contributed by atoms with van der Waals surface area (Å²) in [5, 5.41) is 26.2. The number of phenolic OH excluding ortho intramolecular Hbond substituents is 1. The van der Waals surface area contributed by atoms with E-state index in [1.165, 1.54) is 21.4 Å². The maximum atomic E-state index is 12.5. The number of thiazole rings is 1. The highest BCUT2D eigenvalue weighted by atomic mass is 32.1. The molecule has 0 radical (unpaired) electrons. The number of fused-ring (bicyclic) bond motifs is 1. The van der Waals surface area contributed by atoms with Gasteiger partial charge in [0.05, 0.1) is 16.8 Å². The molecule has 1 amide bonds. The first kappa shape index (κ1) is 29.0. The zero-order valence-electron chi connectivity index (χ0n) is 23.6. The van der Waals surface area contributed by atoms with Gasteiger partial charge in [0.1, 0.15) is 16.8 Å². The van der Waals surface area contributed by atoms with E-state index in [0.717, 1.165) is 66.9 Å². The minimum absolute atomic E-state index is 0.00616. The lowest BCUT2D eigenvalue weighted by molar-refractivity contribution is 0.0943. The Balaban J connectivity index is 1.18. The van der Waals surface area contributed by atoms with Gasteiger partial charge in [0.15, 0.2) is 0 Å². The monoisotopic (exact) mass is 584 g/mol. The number of hydrogen-bond donors (Lipinski definition) is 2. The van der Waals surface area contributed by atoms with Gasteiger partial charge in [-0.3, -0.25) is 9.69 Å². The van der Waals surface area contributed by atoms with E-state index in [0.29, 0.717) is 24.1 Å². The molecule has 4 aromatic rings. The van der Waals surface area contributed by atoms with Gasteiger partial charge in [-0.15, -0.1) is 22.7 Å². The average molecular weight is 585 g/mol. The van der Waals surface area contributed by atoms with Crippen molar-refractivity contribution in [2.45, 2.75) is 58.0 Å². The summed E-state index contributed by atoms with van der Waals surface area (Å²) in [6.07, 6.45) is 5.62. The van der Waals surface area contributed by atoms with Crippen LogP contribution in [-0.4, -0.2) is 40.5 Å². The van der Waals surface area contributed by atoms with E-state index in [1.807, 2.05) is 29.5 Å². The van der Waals surface area contributed by atoms with Gasteiger partial charge >= 0.3 is 0 Å². The number of aryl methyl sites for hydroxylation is 1. The summed E-state index contributed by atoms with van der Waals surface area (Å²) in [6, 6.07) is 19.9. The average Bonchev–Trinajstić information content (AvgIpc) is 3.61. The summed E-state index contributed by atoms with van der Waals surface area (Å²) in [7, 11) is 2.19. The Hall–Kier alpha value is -3.51. The number of thiophene rings is 1. The van der Waals surface area contributed by atoms with E-state index in [4.69, 9.17) is 4.98 Å². The highest BCUT2D eigenvalue weighted by Gasteiger charge is 2.28. The number of nitriles is 1. The van der Waals surface area contributed by atoms with Crippen LogP contribution < -0.4 is 5.32 Å². The third kappa shape index (κ3) is 6.87. The van der Waals surface area contributed by atoms with Crippen molar-refractivity contribution < 1.29 is 9.90 Å². The fourth-order valence-corrected chi connectivity index (χ4v) is 7.78. The second-order valence-corrected chi connectivity index (χ2v) is 12.8. The molecule has 5 rings (SSSR count). The number of rotatable bonds is 11. The van der Waals surface area contributed by atoms with Crippen LogP contribution >= 0.6 is 22.7 Å². The maximum absolute atomic E-state index is 12.5. The third-order valence-corrected chi connectivity index (χ3v) is 10.3. The number of amides is 1. The van der Waals surface area contributed by atoms with Crippen LogP contribution in [0, 0.1) is 17.2 Å². The van der Waals surface area contributed by atoms with Crippen molar-refractivity contribution in [1.29, 1.82) is 5.26 Å². The first-order chi connectivity index (χ1) is 20.0. The first-order valence-corrected chi connectivity index (χ1v) is 16.0. The fourth-order valence-electron chi connectivity index (χ4n) is 5.57. The number of nitrogens with one attached hydrogen (secondary N) is 1. The molecule has 2 atom stereocenters. The van der Waals surface area contributed by atoms with Crippen LogP contribution in [-0.2, 0) is 25.8 Å². The van der Waals surface area contributed by atoms with E-state index >= 15 is 0 Å². The number of aromatic nitrogens is 1. The number of aromatic hydroxyl groups is 1. The molecule has 0 saturated heterocycles. The van der Waals surface area contributed by atoms with Gasteiger partial charge in [0.25, 0.3) is 5.91 Å². The van der Waals surface area contributed by atoms with Crippen molar-refractivity contribution in [3.63, 3.8) is 0 Å². The molecule has 1 aliphatic rings. The number of benzene rings is 2. The lowest BCUT2D eigenvalue weighted by atomic mass is 9.90. The second-order valence-electron chi connectivity index (χ2n) is 10.8. The van der Waals surface area contributed by atoms with Crippen LogP contribution in [0.25, 0.3) is 10.6 Å². The minimum Gasteiger partial charge on any atom is -0.507 e. The molecule has 2 aromatic heterocycles. The second kappa shape index (κ2) is 13.4. The normalized spacial score (nSPS) is 15.3. The highest BCUT2D eigenvalue weighted by molar-refractivity contribution is 7.13. The Bertz CT molecular complexity index is 1520. The molecular weight excluding hydrogens is 549 g/mol. The van der Waals surface area contributed by atoms with Crippen LogP contribution in [0.4, 0.5) is 0 Å². The molecule has 0 fully saturated rings. The summed E-state index contributed by atoms with van der Waals surface area (Å²) in [5.41, 5.74) is 4.69. The van der Waals surface area contributed by atoms with Gasteiger partial charge in [0.2, 0.25) is 0 Å². The van der Waals surface area contributed by atoms with Gasteiger partial charge in [-0.05, 0) is 62.8 Å². The summed E-state index contributed by atoms with van der Waals surface area (Å²) < 4.78 is 0. The Morgan fingerprint density at radius 2 is 2.00 bits per heavy atom. The van der Waals surface area contributed by atoms with Crippen molar-refractivity contribution in [2.24, 2.45) is 5.92 Å².